The summed E-state index contributed by atoms with van der Waals surface area (Å²) in [6.07, 6.45) is 1.35. The summed E-state index contributed by atoms with van der Waals surface area (Å²) in [7, 11) is 0. The third-order valence-electron chi connectivity index (χ3n) is 3.90. The largest absolute Gasteiger partial charge is 0.494 e. The van der Waals surface area contributed by atoms with Gasteiger partial charge in [0.15, 0.2) is 5.75 Å². The Bertz CT molecular complexity index is 1040. The molecule has 0 unspecified atom stereocenters. The average Bonchev–Trinajstić information content (AvgIpc) is 3.21. The fourth-order valence-electron chi connectivity index (χ4n) is 2.51. The molecule has 0 aliphatic carbocycles. The molecule has 3 rings (SSSR count). The number of amides is 1. The van der Waals surface area contributed by atoms with Crippen molar-refractivity contribution in [3.63, 3.8) is 0 Å². The first-order valence-electron chi connectivity index (χ1n) is 9.08. The quantitative estimate of drug-likeness (QED) is 0.325. The summed E-state index contributed by atoms with van der Waals surface area (Å²) in [6.45, 7) is 2.44. The van der Waals surface area contributed by atoms with Crippen molar-refractivity contribution in [3.8, 4) is 11.5 Å². The fraction of sp³-hybridized carbons (Fsp3) is 0.143. The molecule has 1 aromatic heterocycles. The summed E-state index contributed by atoms with van der Waals surface area (Å²) < 4.78 is 16.3. The molecular weight excluding hydrogens is 390 g/mol. The number of carbonyl (C=O) groups excluding carboxylic acids is 1. The van der Waals surface area contributed by atoms with Crippen molar-refractivity contribution >= 4 is 17.8 Å². The lowest BCUT2D eigenvalue weighted by molar-refractivity contribution is -0.386. The first kappa shape index (κ1) is 20.6. The van der Waals surface area contributed by atoms with Gasteiger partial charge in [0.05, 0.1) is 17.7 Å². The van der Waals surface area contributed by atoms with E-state index in [2.05, 4.69) is 10.5 Å². The number of carbonyl (C=O) groups is 1. The number of hydrogen-bond acceptors (Lipinski definition) is 7. The van der Waals surface area contributed by atoms with Crippen molar-refractivity contribution in [2.45, 2.75) is 13.5 Å². The number of benzene rings is 2. The lowest BCUT2D eigenvalue weighted by Gasteiger charge is -2.04. The van der Waals surface area contributed by atoms with Gasteiger partial charge in [-0.3, -0.25) is 14.9 Å². The highest BCUT2D eigenvalue weighted by Crippen LogP contribution is 2.26. The number of nitrogens with one attached hydrogen (secondary N) is 1. The van der Waals surface area contributed by atoms with Gasteiger partial charge in [0.2, 0.25) is 0 Å². The highest BCUT2D eigenvalue weighted by Gasteiger charge is 2.14. The molecule has 1 heterocycles. The van der Waals surface area contributed by atoms with Crippen LogP contribution in [0.25, 0.3) is 0 Å². The van der Waals surface area contributed by atoms with Crippen molar-refractivity contribution in [1.29, 1.82) is 0 Å². The van der Waals surface area contributed by atoms with Crippen molar-refractivity contribution in [2.75, 3.05) is 6.61 Å². The molecule has 0 atom stereocenters. The standard InChI is InChI=1S/C21H19N3O6/c1-2-28-16-9-7-15(8-10-16)21(25)23-22-13-17-11-12-18(30-17)14-29-20-6-4-3-5-19(20)24(26)27/h3-13H,2,14H2,1H3,(H,23,25)/b22-13+. The highest BCUT2D eigenvalue weighted by atomic mass is 16.6. The monoisotopic (exact) mass is 409 g/mol. The van der Waals surface area contributed by atoms with Gasteiger partial charge >= 0.3 is 5.69 Å². The Hall–Kier alpha value is -4.14. The van der Waals surface area contributed by atoms with Gasteiger partial charge in [-0.15, -0.1) is 0 Å². The number of nitro benzene ring substituents is 1. The Balaban J connectivity index is 1.53. The SMILES string of the molecule is CCOc1ccc(C(=O)N/N=C/c2ccc(COc3ccccc3[N+](=O)[O-])o2)cc1. The summed E-state index contributed by atoms with van der Waals surface area (Å²) >= 11 is 0. The Morgan fingerprint density at radius 2 is 1.90 bits per heavy atom. The number of nitro groups is 1. The number of furan rings is 1. The predicted octanol–water partition coefficient (Wildman–Crippen LogP) is 3.93. The van der Waals surface area contributed by atoms with E-state index in [1.165, 1.54) is 18.3 Å². The van der Waals surface area contributed by atoms with Crippen LogP contribution in [0.1, 0.15) is 28.8 Å². The maximum Gasteiger partial charge on any atom is 0.310 e. The number of hydrazone groups is 1. The topological polar surface area (TPSA) is 116 Å². The molecule has 0 bridgehead atoms. The Morgan fingerprint density at radius 1 is 1.13 bits per heavy atom. The van der Waals surface area contributed by atoms with Crippen LogP contribution < -0.4 is 14.9 Å². The second-order valence-corrected chi connectivity index (χ2v) is 5.97. The molecule has 154 valence electrons. The van der Waals surface area contributed by atoms with Crippen LogP contribution in [0.5, 0.6) is 11.5 Å². The zero-order chi connectivity index (χ0) is 21.3. The van der Waals surface area contributed by atoms with Gasteiger partial charge in [0.1, 0.15) is 23.9 Å². The predicted molar refractivity (Wildman–Crippen MR) is 109 cm³/mol. The van der Waals surface area contributed by atoms with E-state index in [9.17, 15) is 14.9 Å². The van der Waals surface area contributed by atoms with E-state index in [1.54, 1.807) is 48.5 Å². The third-order valence-corrected chi connectivity index (χ3v) is 3.90. The summed E-state index contributed by atoms with van der Waals surface area (Å²) in [5.74, 6) is 1.30. The van der Waals surface area contributed by atoms with Crippen LogP contribution in [0, 0.1) is 10.1 Å². The first-order chi connectivity index (χ1) is 14.6. The second-order valence-electron chi connectivity index (χ2n) is 5.97. The Morgan fingerprint density at radius 3 is 2.63 bits per heavy atom. The Kier molecular flexibility index (Phi) is 6.78. The van der Waals surface area contributed by atoms with Gasteiger partial charge in [-0.1, -0.05) is 12.1 Å². The number of rotatable bonds is 9. The van der Waals surface area contributed by atoms with E-state index in [-0.39, 0.29) is 24.0 Å². The molecule has 30 heavy (non-hydrogen) atoms. The number of para-hydroxylation sites is 2. The van der Waals surface area contributed by atoms with Crippen LogP contribution in [0.4, 0.5) is 5.69 Å². The average molecular weight is 409 g/mol. The van der Waals surface area contributed by atoms with Crippen molar-refractivity contribution < 1.29 is 23.6 Å². The van der Waals surface area contributed by atoms with Crippen LogP contribution in [-0.2, 0) is 6.61 Å². The van der Waals surface area contributed by atoms with Crippen LogP contribution >= 0.6 is 0 Å². The lowest BCUT2D eigenvalue weighted by atomic mass is 10.2. The molecule has 0 fully saturated rings. The van der Waals surface area contributed by atoms with E-state index in [4.69, 9.17) is 13.9 Å². The smallest absolute Gasteiger partial charge is 0.310 e. The van der Waals surface area contributed by atoms with Crippen LogP contribution in [0.3, 0.4) is 0 Å². The minimum absolute atomic E-state index is 0.0111. The van der Waals surface area contributed by atoms with E-state index < -0.39 is 4.92 Å². The zero-order valence-electron chi connectivity index (χ0n) is 16.1. The number of ether oxygens (including phenoxy) is 2. The van der Waals surface area contributed by atoms with Crippen molar-refractivity contribution in [1.82, 2.24) is 5.43 Å². The van der Waals surface area contributed by atoms with Gasteiger partial charge < -0.3 is 13.9 Å². The number of hydrogen-bond donors (Lipinski definition) is 1. The highest BCUT2D eigenvalue weighted by molar-refractivity contribution is 5.94. The van der Waals surface area contributed by atoms with E-state index >= 15 is 0 Å². The molecule has 0 radical (unpaired) electrons. The maximum absolute atomic E-state index is 12.1. The summed E-state index contributed by atoms with van der Waals surface area (Å²) in [5, 5.41) is 14.9. The molecule has 0 aliphatic rings. The molecule has 1 amide bonds. The Labute approximate surface area is 172 Å². The van der Waals surface area contributed by atoms with Crippen LogP contribution in [-0.4, -0.2) is 23.7 Å². The normalized spacial score (nSPS) is 10.7. The lowest BCUT2D eigenvalue weighted by Crippen LogP contribution is -2.17. The van der Waals surface area contributed by atoms with E-state index in [1.807, 2.05) is 6.92 Å². The summed E-state index contributed by atoms with van der Waals surface area (Å²) in [4.78, 5) is 22.6. The first-order valence-corrected chi connectivity index (χ1v) is 9.08. The van der Waals surface area contributed by atoms with Gasteiger partial charge in [0, 0.05) is 11.6 Å². The number of nitrogens with zero attached hydrogens (tertiary/aromatic N) is 2. The second kappa shape index (κ2) is 9.87. The minimum atomic E-state index is -0.511. The molecule has 3 aromatic rings. The molecule has 0 saturated carbocycles. The minimum Gasteiger partial charge on any atom is -0.494 e. The third kappa shape index (κ3) is 5.44. The van der Waals surface area contributed by atoms with Gasteiger partial charge in [-0.25, -0.2) is 5.43 Å². The van der Waals surface area contributed by atoms with Gasteiger partial charge in [-0.2, -0.15) is 5.10 Å². The maximum atomic E-state index is 12.1. The molecule has 0 aliphatic heterocycles. The summed E-state index contributed by atoms with van der Waals surface area (Å²) in [6, 6.07) is 16.1. The van der Waals surface area contributed by atoms with Gasteiger partial charge in [-0.05, 0) is 49.4 Å². The zero-order valence-corrected chi connectivity index (χ0v) is 16.1. The molecule has 0 spiro atoms. The summed E-state index contributed by atoms with van der Waals surface area (Å²) in [5.41, 5.74) is 2.73. The molecule has 2 aromatic carbocycles. The van der Waals surface area contributed by atoms with Crippen LogP contribution in [0.15, 0.2) is 70.2 Å². The molecular formula is C21H19N3O6. The van der Waals surface area contributed by atoms with Crippen molar-refractivity contribution in [3.05, 3.63) is 87.9 Å². The van der Waals surface area contributed by atoms with Gasteiger partial charge in [0.25, 0.3) is 5.91 Å². The van der Waals surface area contributed by atoms with E-state index in [0.29, 0.717) is 29.4 Å². The van der Waals surface area contributed by atoms with Crippen molar-refractivity contribution in [2.24, 2.45) is 5.10 Å². The van der Waals surface area contributed by atoms with E-state index in [0.717, 1.165) is 0 Å². The molecule has 9 heteroatoms. The van der Waals surface area contributed by atoms with Crippen LogP contribution in [0.2, 0.25) is 0 Å². The molecule has 1 N–H and O–H groups in total. The fourth-order valence-corrected chi connectivity index (χ4v) is 2.51. The molecule has 0 saturated heterocycles. The molecule has 9 nitrogen and oxygen atoms in total.